The summed E-state index contributed by atoms with van der Waals surface area (Å²) in [7, 11) is 0. The Morgan fingerprint density at radius 2 is 1.95 bits per heavy atom. The van der Waals surface area contributed by atoms with Gasteiger partial charge < -0.3 is 8.83 Å². The SMILES string of the molecule is Cc1nnc(CSc2ncc(-c3ccc(F)cc3)o2)o1. The molecule has 0 radical (unpaired) electrons. The summed E-state index contributed by atoms with van der Waals surface area (Å²) in [5.74, 6) is 1.85. The number of rotatable bonds is 4. The van der Waals surface area contributed by atoms with E-state index in [1.807, 2.05) is 0 Å². The number of benzene rings is 1. The average Bonchev–Trinajstić information content (AvgIpc) is 3.06. The largest absolute Gasteiger partial charge is 0.431 e. The second kappa shape index (κ2) is 5.46. The van der Waals surface area contributed by atoms with Gasteiger partial charge in [0.05, 0.1) is 11.9 Å². The van der Waals surface area contributed by atoms with Gasteiger partial charge in [0.2, 0.25) is 11.8 Å². The van der Waals surface area contributed by atoms with Crippen molar-refractivity contribution >= 4 is 11.8 Å². The molecule has 5 nitrogen and oxygen atoms in total. The molecular weight excluding hydrogens is 281 g/mol. The highest BCUT2D eigenvalue weighted by Crippen LogP contribution is 2.27. The number of hydrogen-bond acceptors (Lipinski definition) is 6. The first-order valence-corrected chi connectivity index (χ1v) is 6.83. The van der Waals surface area contributed by atoms with E-state index in [1.165, 1.54) is 23.9 Å². The molecule has 0 saturated carbocycles. The van der Waals surface area contributed by atoms with Crippen molar-refractivity contribution in [3.8, 4) is 11.3 Å². The van der Waals surface area contributed by atoms with Gasteiger partial charge in [-0.25, -0.2) is 9.37 Å². The van der Waals surface area contributed by atoms with Crippen LogP contribution in [-0.4, -0.2) is 15.2 Å². The molecule has 0 amide bonds. The molecule has 3 aromatic rings. The first-order valence-electron chi connectivity index (χ1n) is 5.84. The van der Waals surface area contributed by atoms with E-state index in [0.29, 0.717) is 28.5 Å². The second-order valence-electron chi connectivity index (χ2n) is 4.00. The predicted molar refractivity (Wildman–Crippen MR) is 70.5 cm³/mol. The Kier molecular flexibility index (Phi) is 3.51. The monoisotopic (exact) mass is 291 g/mol. The Morgan fingerprint density at radius 3 is 2.65 bits per heavy atom. The predicted octanol–water partition coefficient (Wildman–Crippen LogP) is 3.46. The Balaban J connectivity index is 1.69. The maximum atomic E-state index is 12.8. The summed E-state index contributed by atoms with van der Waals surface area (Å²) in [5, 5.41) is 8.13. The van der Waals surface area contributed by atoms with Crippen LogP contribution >= 0.6 is 11.8 Å². The lowest BCUT2D eigenvalue weighted by atomic mass is 10.2. The lowest BCUT2D eigenvalue weighted by Gasteiger charge is -1.95. The van der Waals surface area contributed by atoms with E-state index in [1.54, 1.807) is 25.3 Å². The summed E-state index contributed by atoms with van der Waals surface area (Å²) in [6.45, 7) is 1.74. The molecule has 7 heteroatoms. The van der Waals surface area contributed by atoms with Gasteiger partial charge in [-0.1, -0.05) is 11.8 Å². The number of thioether (sulfide) groups is 1. The van der Waals surface area contributed by atoms with Crippen LogP contribution in [0.2, 0.25) is 0 Å². The minimum absolute atomic E-state index is 0.283. The Hall–Kier alpha value is -2.15. The van der Waals surface area contributed by atoms with Crippen molar-refractivity contribution < 1.29 is 13.2 Å². The number of halogens is 1. The van der Waals surface area contributed by atoms with Gasteiger partial charge in [0, 0.05) is 12.5 Å². The van der Waals surface area contributed by atoms with Crippen LogP contribution in [0.15, 0.2) is 44.5 Å². The standard InChI is InChI=1S/C13H10FN3O2S/c1-8-16-17-12(18-8)7-20-13-15-6-11(19-13)9-2-4-10(14)5-3-9/h2-6H,7H2,1H3. The van der Waals surface area contributed by atoms with Crippen LogP contribution in [0, 0.1) is 12.7 Å². The fourth-order valence-electron chi connectivity index (χ4n) is 1.59. The van der Waals surface area contributed by atoms with Crippen LogP contribution in [0.1, 0.15) is 11.8 Å². The molecule has 0 N–H and O–H groups in total. The number of aromatic nitrogens is 3. The topological polar surface area (TPSA) is 65.0 Å². The molecule has 0 fully saturated rings. The fraction of sp³-hybridized carbons (Fsp3) is 0.154. The smallest absolute Gasteiger partial charge is 0.256 e. The number of nitrogens with zero attached hydrogens (tertiary/aromatic N) is 3. The highest BCUT2D eigenvalue weighted by atomic mass is 32.2. The maximum Gasteiger partial charge on any atom is 0.256 e. The molecule has 0 aliphatic heterocycles. The Morgan fingerprint density at radius 1 is 1.15 bits per heavy atom. The first kappa shape index (κ1) is 12.9. The summed E-state index contributed by atoms with van der Waals surface area (Å²) in [6, 6.07) is 6.05. The minimum atomic E-state index is -0.283. The van der Waals surface area contributed by atoms with Crippen molar-refractivity contribution in [2.45, 2.75) is 17.9 Å². The number of aryl methyl sites for hydroxylation is 1. The lowest BCUT2D eigenvalue weighted by molar-refractivity contribution is 0.462. The molecule has 20 heavy (non-hydrogen) atoms. The van der Waals surface area contributed by atoms with Crippen molar-refractivity contribution in [1.82, 2.24) is 15.2 Å². The van der Waals surface area contributed by atoms with Gasteiger partial charge in [-0.15, -0.1) is 10.2 Å². The number of hydrogen-bond donors (Lipinski definition) is 0. The summed E-state index contributed by atoms with van der Waals surface area (Å²) < 4.78 is 23.7. The van der Waals surface area contributed by atoms with E-state index >= 15 is 0 Å². The van der Waals surface area contributed by atoms with Crippen LogP contribution in [0.25, 0.3) is 11.3 Å². The van der Waals surface area contributed by atoms with Crippen LogP contribution in [0.4, 0.5) is 4.39 Å². The summed E-state index contributed by atoms with van der Waals surface area (Å²) in [4.78, 5) is 4.15. The third-order valence-corrected chi connectivity index (χ3v) is 3.33. The summed E-state index contributed by atoms with van der Waals surface area (Å²) in [5.41, 5.74) is 0.777. The van der Waals surface area contributed by atoms with Gasteiger partial charge in [0.25, 0.3) is 5.22 Å². The summed E-state index contributed by atoms with van der Waals surface area (Å²) >= 11 is 1.36. The average molecular weight is 291 g/mol. The molecule has 3 rings (SSSR count). The van der Waals surface area contributed by atoms with Crippen LogP contribution in [-0.2, 0) is 5.75 Å². The molecule has 2 aromatic heterocycles. The molecule has 0 spiro atoms. The summed E-state index contributed by atoms with van der Waals surface area (Å²) in [6.07, 6.45) is 1.61. The highest BCUT2D eigenvalue weighted by molar-refractivity contribution is 7.98. The van der Waals surface area contributed by atoms with Crippen molar-refractivity contribution in [1.29, 1.82) is 0 Å². The van der Waals surface area contributed by atoms with E-state index in [9.17, 15) is 4.39 Å². The number of oxazole rings is 1. The molecule has 2 heterocycles. The van der Waals surface area contributed by atoms with Crippen molar-refractivity contribution in [2.24, 2.45) is 0 Å². The van der Waals surface area contributed by atoms with Crippen molar-refractivity contribution in [3.63, 3.8) is 0 Å². The van der Waals surface area contributed by atoms with Crippen LogP contribution < -0.4 is 0 Å². The normalized spacial score (nSPS) is 10.9. The van der Waals surface area contributed by atoms with E-state index in [0.717, 1.165) is 5.56 Å². The van der Waals surface area contributed by atoms with E-state index in [-0.39, 0.29) is 5.82 Å². The van der Waals surface area contributed by atoms with Crippen LogP contribution in [0.5, 0.6) is 0 Å². The van der Waals surface area contributed by atoms with Gasteiger partial charge in [0.1, 0.15) is 5.82 Å². The van der Waals surface area contributed by atoms with Gasteiger partial charge in [0.15, 0.2) is 5.76 Å². The second-order valence-corrected chi connectivity index (χ2v) is 4.93. The molecule has 0 unspecified atom stereocenters. The van der Waals surface area contributed by atoms with Crippen molar-refractivity contribution in [2.75, 3.05) is 0 Å². The first-order chi connectivity index (χ1) is 9.70. The molecule has 0 atom stereocenters. The third kappa shape index (κ3) is 2.88. The fourth-order valence-corrected chi connectivity index (χ4v) is 2.23. The molecule has 0 aliphatic carbocycles. The molecule has 0 saturated heterocycles. The zero-order valence-corrected chi connectivity index (χ0v) is 11.4. The van der Waals surface area contributed by atoms with Gasteiger partial charge in [-0.3, -0.25) is 0 Å². The molecule has 0 aliphatic rings. The Bertz CT molecular complexity index is 708. The molecule has 1 aromatic carbocycles. The van der Waals surface area contributed by atoms with E-state index in [4.69, 9.17) is 8.83 Å². The molecule has 0 bridgehead atoms. The minimum Gasteiger partial charge on any atom is -0.431 e. The van der Waals surface area contributed by atoms with E-state index < -0.39 is 0 Å². The third-order valence-electron chi connectivity index (χ3n) is 2.50. The maximum absolute atomic E-state index is 12.8. The van der Waals surface area contributed by atoms with Crippen molar-refractivity contribution in [3.05, 3.63) is 48.1 Å². The quantitative estimate of drug-likeness (QED) is 0.686. The zero-order valence-electron chi connectivity index (χ0n) is 10.5. The molecule has 102 valence electrons. The van der Waals surface area contributed by atoms with Gasteiger partial charge in [-0.2, -0.15) is 0 Å². The van der Waals surface area contributed by atoms with E-state index in [2.05, 4.69) is 15.2 Å². The van der Waals surface area contributed by atoms with Gasteiger partial charge in [-0.05, 0) is 24.3 Å². The molecular formula is C13H10FN3O2S. The van der Waals surface area contributed by atoms with Gasteiger partial charge >= 0.3 is 0 Å². The van der Waals surface area contributed by atoms with Crippen LogP contribution in [0.3, 0.4) is 0 Å². The zero-order chi connectivity index (χ0) is 13.9. The lowest BCUT2D eigenvalue weighted by Crippen LogP contribution is -1.80. The highest BCUT2D eigenvalue weighted by Gasteiger charge is 2.09. The Labute approximate surface area is 118 Å².